The number of nitrogens with zero attached hydrogens (tertiary/aromatic N) is 2. The van der Waals surface area contributed by atoms with E-state index >= 15 is 0 Å². The van der Waals surface area contributed by atoms with Crippen LogP contribution in [0.1, 0.15) is 30.4 Å². The molecule has 2 saturated heterocycles. The van der Waals surface area contributed by atoms with Crippen molar-refractivity contribution in [3.05, 3.63) is 35.4 Å². The number of halogens is 3. The van der Waals surface area contributed by atoms with E-state index in [1.54, 1.807) is 11.0 Å². The fourth-order valence-corrected chi connectivity index (χ4v) is 3.66. The summed E-state index contributed by atoms with van der Waals surface area (Å²) in [6.45, 7) is 3.34. The maximum Gasteiger partial charge on any atom is 0.416 e. The average molecular weight is 326 g/mol. The number of rotatable bonds is 2. The first kappa shape index (κ1) is 16.3. The second kappa shape index (κ2) is 6.51. The lowest BCUT2D eigenvalue weighted by Crippen LogP contribution is -2.40. The molecule has 2 fully saturated rings. The summed E-state index contributed by atoms with van der Waals surface area (Å²) in [4.78, 5) is 16.7. The third-order valence-electron chi connectivity index (χ3n) is 4.82. The van der Waals surface area contributed by atoms with Crippen LogP contribution in [0.4, 0.5) is 13.2 Å². The van der Waals surface area contributed by atoms with Crippen molar-refractivity contribution in [2.45, 2.75) is 37.9 Å². The number of alkyl halides is 3. The van der Waals surface area contributed by atoms with Crippen molar-refractivity contribution in [2.24, 2.45) is 0 Å². The van der Waals surface area contributed by atoms with E-state index in [4.69, 9.17) is 0 Å². The van der Waals surface area contributed by atoms with Crippen LogP contribution in [-0.4, -0.2) is 47.9 Å². The van der Waals surface area contributed by atoms with Gasteiger partial charge >= 0.3 is 6.18 Å². The van der Waals surface area contributed by atoms with Crippen molar-refractivity contribution in [1.82, 2.24) is 9.80 Å². The predicted octanol–water partition coefficient (Wildman–Crippen LogP) is 2.94. The Morgan fingerprint density at radius 1 is 1.13 bits per heavy atom. The fourth-order valence-electron chi connectivity index (χ4n) is 3.66. The molecule has 0 aliphatic carbocycles. The lowest BCUT2D eigenvalue weighted by Gasteiger charge is -2.26. The molecule has 0 N–H and O–H groups in total. The molecule has 3 rings (SSSR count). The summed E-state index contributed by atoms with van der Waals surface area (Å²) in [5.74, 6) is -0.199. The zero-order chi connectivity index (χ0) is 16.4. The maximum atomic E-state index is 13.1. The van der Waals surface area contributed by atoms with Gasteiger partial charge in [-0.2, -0.15) is 13.2 Å². The Morgan fingerprint density at radius 3 is 2.65 bits per heavy atom. The number of carbonyl (C=O) groups is 1. The number of carbonyl (C=O) groups excluding carboxylic acids is 1. The zero-order valence-electron chi connectivity index (χ0n) is 13.0. The molecule has 6 heteroatoms. The van der Waals surface area contributed by atoms with E-state index in [-0.39, 0.29) is 17.9 Å². The summed E-state index contributed by atoms with van der Waals surface area (Å²) in [5, 5.41) is 0. The van der Waals surface area contributed by atoms with Crippen LogP contribution in [0.5, 0.6) is 0 Å². The first-order valence-electron chi connectivity index (χ1n) is 8.12. The Kier molecular flexibility index (Phi) is 4.62. The highest BCUT2D eigenvalue weighted by molar-refractivity contribution is 5.79. The van der Waals surface area contributed by atoms with Crippen molar-refractivity contribution in [2.75, 3.05) is 26.2 Å². The molecule has 1 aromatic carbocycles. The van der Waals surface area contributed by atoms with Crippen molar-refractivity contribution in [3.8, 4) is 0 Å². The standard InChI is InChI=1S/C17H21F3N2O/c18-17(19,20)15-7-2-1-5-13(15)11-16(23)22-10-4-9-21-8-3-6-14(21)12-22/h1-2,5,7,14H,3-4,6,8-12H2/t14-/m0/s1. The molecular formula is C17H21F3N2O. The molecule has 3 nitrogen and oxygen atoms in total. The molecular weight excluding hydrogens is 305 g/mol. The highest BCUT2D eigenvalue weighted by atomic mass is 19.4. The van der Waals surface area contributed by atoms with E-state index in [0.717, 1.165) is 38.4 Å². The van der Waals surface area contributed by atoms with E-state index in [2.05, 4.69) is 4.90 Å². The number of hydrogen-bond donors (Lipinski definition) is 0. The topological polar surface area (TPSA) is 23.6 Å². The lowest BCUT2D eigenvalue weighted by molar-refractivity contribution is -0.138. The van der Waals surface area contributed by atoms with E-state index < -0.39 is 11.7 Å². The fraction of sp³-hybridized carbons (Fsp3) is 0.588. The summed E-state index contributed by atoms with van der Waals surface area (Å²) in [5.41, 5.74) is -0.636. The Morgan fingerprint density at radius 2 is 1.87 bits per heavy atom. The van der Waals surface area contributed by atoms with Gasteiger partial charge in [0.05, 0.1) is 12.0 Å². The molecule has 1 atom stereocenters. The molecule has 2 heterocycles. The molecule has 1 aromatic rings. The average Bonchev–Trinajstić information content (AvgIpc) is 2.83. The normalized spacial score (nSPS) is 22.7. The highest BCUT2D eigenvalue weighted by Crippen LogP contribution is 2.32. The molecule has 1 amide bonds. The highest BCUT2D eigenvalue weighted by Gasteiger charge is 2.35. The van der Waals surface area contributed by atoms with Gasteiger partial charge in [0.2, 0.25) is 5.91 Å². The van der Waals surface area contributed by atoms with Crippen molar-refractivity contribution < 1.29 is 18.0 Å². The van der Waals surface area contributed by atoms with Crippen LogP contribution in [-0.2, 0) is 17.4 Å². The summed E-state index contributed by atoms with van der Waals surface area (Å²) in [6.07, 6.45) is -1.49. The molecule has 0 saturated carbocycles. The van der Waals surface area contributed by atoms with Gasteiger partial charge in [-0.05, 0) is 37.4 Å². The predicted molar refractivity (Wildman–Crippen MR) is 80.9 cm³/mol. The first-order chi connectivity index (χ1) is 10.9. The number of fused-ring (bicyclic) bond motifs is 1. The van der Waals surface area contributed by atoms with Gasteiger partial charge in [0, 0.05) is 25.7 Å². The minimum atomic E-state index is -4.42. The largest absolute Gasteiger partial charge is 0.416 e. The van der Waals surface area contributed by atoms with E-state index in [1.807, 2.05) is 0 Å². The van der Waals surface area contributed by atoms with Gasteiger partial charge in [-0.15, -0.1) is 0 Å². The van der Waals surface area contributed by atoms with Crippen LogP contribution >= 0.6 is 0 Å². The molecule has 2 aliphatic rings. The smallest absolute Gasteiger partial charge is 0.341 e. The van der Waals surface area contributed by atoms with Crippen LogP contribution in [0.25, 0.3) is 0 Å². The van der Waals surface area contributed by atoms with Crippen LogP contribution in [0.2, 0.25) is 0 Å². The molecule has 126 valence electrons. The van der Waals surface area contributed by atoms with Gasteiger partial charge in [-0.3, -0.25) is 9.69 Å². The first-order valence-corrected chi connectivity index (χ1v) is 8.12. The van der Waals surface area contributed by atoms with Gasteiger partial charge in [0.1, 0.15) is 0 Å². The monoisotopic (exact) mass is 326 g/mol. The Balaban J connectivity index is 1.72. The van der Waals surface area contributed by atoms with Crippen molar-refractivity contribution >= 4 is 5.91 Å². The zero-order valence-corrected chi connectivity index (χ0v) is 13.0. The maximum absolute atomic E-state index is 13.1. The van der Waals surface area contributed by atoms with Gasteiger partial charge in [-0.25, -0.2) is 0 Å². The molecule has 0 unspecified atom stereocenters. The van der Waals surface area contributed by atoms with E-state index in [0.29, 0.717) is 19.1 Å². The number of hydrogen-bond acceptors (Lipinski definition) is 2. The SMILES string of the molecule is O=C(Cc1ccccc1C(F)(F)F)N1CCCN2CCC[C@H]2C1. The van der Waals surface area contributed by atoms with E-state index in [1.165, 1.54) is 12.1 Å². The molecule has 0 radical (unpaired) electrons. The quantitative estimate of drug-likeness (QED) is 0.834. The van der Waals surface area contributed by atoms with Crippen LogP contribution in [0.3, 0.4) is 0 Å². The summed E-state index contributed by atoms with van der Waals surface area (Å²) >= 11 is 0. The van der Waals surface area contributed by atoms with Gasteiger partial charge in [0.25, 0.3) is 0 Å². The van der Waals surface area contributed by atoms with Gasteiger partial charge in [-0.1, -0.05) is 18.2 Å². The molecule has 0 spiro atoms. The van der Waals surface area contributed by atoms with Crippen LogP contribution < -0.4 is 0 Å². The summed E-state index contributed by atoms with van der Waals surface area (Å²) < 4.78 is 39.2. The van der Waals surface area contributed by atoms with Gasteiger partial charge in [0.15, 0.2) is 0 Å². The number of benzene rings is 1. The second-order valence-corrected chi connectivity index (χ2v) is 6.36. The minimum absolute atomic E-state index is 0.0672. The Hall–Kier alpha value is -1.56. The summed E-state index contributed by atoms with van der Waals surface area (Å²) in [6, 6.07) is 5.74. The Labute approximate surface area is 134 Å². The Bertz CT molecular complexity index is 573. The molecule has 0 bridgehead atoms. The number of amides is 1. The van der Waals surface area contributed by atoms with E-state index in [9.17, 15) is 18.0 Å². The third kappa shape index (κ3) is 3.68. The van der Waals surface area contributed by atoms with Crippen LogP contribution in [0.15, 0.2) is 24.3 Å². The van der Waals surface area contributed by atoms with Crippen LogP contribution in [0, 0.1) is 0 Å². The molecule has 23 heavy (non-hydrogen) atoms. The second-order valence-electron chi connectivity index (χ2n) is 6.36. The van der Waals surface area contributed by atoms with Crippen molar-refractivity contribution in [3.63, 3.8) is 0 Å². The third-order valence-corrected chi connectivity index (χ3v) is 4.82. The summed E-state index contributed by atoms with van der Waals surface area (Å²) in [7, 11) is 0. The van der Waals surface area contributed by atoms with Gasteiger partial charge < -0.3 is 4.90 Å². The van der Waals surface area contributed by atoms with Crippen molar-refractivity contribution in [1.29, 1.82) is 0 Å². The molecule has 2 aliphatic heterocycles. The minimum Gasteiger partial charge on any atom is -0.341 e. The lowest BCUT2D eigenvalue weighted by atomic mass is 10.0. The molecule has 0 aromatic heterocycles.